The molecule has 8 aromatic rings. The number of halogens is 2. The highest BCUT2D eigenvalue weighted by Crippen LogP contribution is 2.59. The van der Waals surface area contributed by atoms with Crippen molar-refractivity contribution in [3.05, 3.63) is 234 Å². The van der Waals surface area contributed by atoms with Gasteiger partial charge in [0, 0.05) is 16.9 Å². The number of benzene rings is 8. The van der Waals surface area contributed by atoms with Crippen LogP contribution in [0.2, 0.25) is 0 Å². The van der Waals surface area contributed by atoms with Crippen molar-refractivity contribution in [2.75, 3.05) is 4.90 Å². The Kier molecular flexibility index (Phi) is 7.82. The lowest BCUT2D eigenvalue weighted by atomic mass is 9.67. The number of rotatable bonds is 7. The van der Waals surface area contributed by atoms with Gasteiger partial charge < -0.3 is 4.90 Å². The monoisotopic (exact) mass is 673 g/mol. The van der Waals surface area contributed by atoms with E-state index >= 15 is 0 Å². The van der Waals surface area contributed by atoms with Gasteiger partial charge in [-0.1, -0.05) is 146 Å². The van der Waals surface area contributed by atoms with Crippen LogP contribution in [-0.4, -0.2) is 0 Å². The summed E-state index contributed by atoms with van der Waals surface area (Å²) in [7, 11) is 0. The van der Waals surface area contributed by atoms with Crippen LogP contribution in [0.5, 0.6) is 0 Å². The Bertz CT molecular complexity index is 2360. The summed E-state index contributed by atoms with van der Waals surface area (Å²) >= 11 is 0. The van der Waals surface area contributed by atoms with Crippen molar-refractivity contribution < 1.29 is 8.78 Å². The second-order valence-electron chi connectivity index (χ2n) is 13.2. The fraction of sp³-hybridized carbons (Fsp3) is 0.0204. The summed E-state index contributed by atoms with van der Waals surface area (Å²) in [6.07, 6.45) is 0. The van der Waals surface area contributed by atoms with Crippen molar-refractivity contribution in [2.24, 2.45) is 0 Å². The summed E-state index contributed by atoms with van der Waals surface area (Å²) in [5, 5.41) is 0. The Morgan fingerprint density at radius 1 is 0.346 bits per heavy atom. The van der Waals surface area contributed by atoms with Gasteiger partial charge in [-0.2, -0.15) is 0 Å². The first-order valence-electron chi connectivity index (χ1n) is 17.5. The summed E-state index contributed by atoms with van der Waals surface area (Å²) in [5.74, 6) is -0.607. The third kappa shape index (κ3) is 5.21. The zero-order valence-electron chi connectivity index (χ0n) is 28.3. The second-order valence-corrected chi connectivity index (χ2v) is 13.2. The largest absolute Gasteiger partial charge is 0.310 e. The van der Waals surface area contributed by atoms with E-state index in [0.717, 1.165) is 72.7 Å². The standard InChI is InChI=1S/C49H33F2N/c50-40-26-22-38(23-27-40)49(39-24-28-41(51)29-25-39)45-15-8-7-14-44(45)48-46(49)16-9-17-47(48)52(42-30-18-36(19-31-42)34-10-3-1-4-11-34)43-32-20-37(21-33-43)35-12-5-2-6-13-35/h1-33H. The molecule has 1 aliphatic carbocycles. The topological polar surface area (TPSA) is 3.24 Å². The molecular weight excluding hydrogens is 641 g/mol. The molecule has 0 unspecified atom stereocenters. The molecule has 8 aromatic carbocycles. The van der Waals surface area contributed by atoms with Crippen molar-refractivity contribution in [2.45, 2.75) is 5.41 Å². The van der Waals surface area contributed by atoms with Crippen LogP contribution >= 0.6 is 0 Å². The van der Waals surface area contributed by atoms with Gasteiger partial charge in [0.15, 0.2) is 0 Å². The molecule has 1 nitrogen and oxygen atoms in total. The third-order valence-electron chi connectivity index (χ3n) is 10.3. The first-order valence-corrected chi connectivity index (χ1v) is 17.5. The molecule has 0 heterocycles. The van der Waals surface area contributed by atoms with Crippen LogP contribution in [0.1, 0.15) is 22.3 Å². The lowest BCUT2D eigenvalue weighted by Gasteiger charge is -2.34. The predicted octanol–water partition coefficient (Wildman–Crippen LogP) is 13.1. The molecule has 0 aliphatic heterocycles. The molecule has 0 aromatic heterocycles. The van der Waals surface area contributed by atoms with E-state index in [9.17, 15) is 8.78 Å². The molecule has 52 heavy (non-hydrogen) atoms. The number of hydrogen-bond acceptors (Lipinski definition) is 1. The van der Waals surface area contributed by atoms with Crippen molar-refractivity contribution >= 4 is 17.1 Å². The average molecular weight is 674 g/mol. The molecule has 3 heteroatoms. The van der Waals surface area contributed by atoms with Crippen molar-refractivity contribution in [1.29, 1.82) is 0 Å². The van der Waals surface area contributed by atoms with Crippen molar-refractivity contribution in [1.82, 2.24) is 0 Å². The van der Waals surface area contributed by atoms with Crippen LogP contribution in [0.3, 0.4) is 0 Å². The molecule has 0 atom stereocenters. The van der Waals surface area contributed by atoms with E-state index in [1.165, 1.54) is 24.3 Å². The van der Waals surface area contributed by atoms with E-state index in [1.54, 1.807) is 0 Å². The Morgan fingerprint density at radius 2 is 0.769 bits per heavy atom. The van der Waals surface area contributed by atoms with Gasteiger partial charge in [0.1, 0.15) is 11.6 Å². The number of fused-ring (bicyclic) bond motifs is 3. The van der Waals surface area contributed by atoms with E-state index in [-0.39, 0.29) is 11.6 Å². The van der Waals surface area contributed by atoms with E-state index < -0.39 is 5.41 Å². The van der Waals surface area contributed by atoms with Gasteiger partial charge in [0.25, 0.3) is 0 Å². The summed E-state index contributed by atoms with van der Waals surface area (Å²) in [6, 6.07) is 66.6. The van der Waals surface area contributed by atoms with E-state index in [1.807, 2.05) is 36.4 Å². The molecule has 0 N–H and O–H groups in total. The van der Waals surface area contributed by atoms with E-state index in [0.29, 0.717) is 0 Å². The molecule has 0 saturated heterocycles. The first-order chi connectivity index (χ1) is 25.6. The van der Waals surface area contributed by atoms with E-state index in [2.05, 4.69) is 144 Å². The van der Waals surface area contributed by atoms with Gasteiger partial charge in [-0.25, -0.2) is 8.78 Å². The van der Waals surface area contributed by atoms with Gasteiger partial charge in [0.2, 0.25) is 0 Å². The summed E-state index contributed by atoms with van der Waals surface area (Å²) < 4.78 is 29.0. The van der Waals surface area contributed by atoms with Crippen LogP contribution in [-0.2, 0) is 5.41 Å². The molecule has 0 amide bonds. The van der Waals surface area contributed by atoms with Crippen LogP contribution in [0.4, 0.5) is 25.8 Å². The Labute approximate surface area is 302 Å². The highest BCUT2D eigenvalue weighted by Gasteiger charge is 2.47. The van der Waals surface area contributed by atoms with Gasteiger partial charge in [-0.3, -0.25) is 0 Å². The van der Waals surface area contributed by atoms with Crippen LogP contribution < -0.4 is 4.90 Å². The highest BCUT2D eigenvalue weighted by molar-refractivity contribution is 5.97. The zero-order chi connectivity index (χ0) is 35.1. The molecule has 248 valence electrons. The molecule has 0 spiro atoms. The fourth-order valence-corrected chi connectivity index (χ4v) is 7.98. The Morgan fingerprint density at radius 3 is 1.27 bits per heavy atom. The minimum Gasteiger partial charge on any atom is -0.310 e. The molecule has 0 saturated carbocycles. The third-order valence-corrected chi connectivity index (χ3v) is 10.3. The van der Waals surface area contributed by atoms with Gasteiger partial charge >= 0.3 is 0 Å². The van der Waals surface area contributed by atoms with E-state index in [4.69, 9.17) is 0 Å². The number of hydrogen-bond donors (Lipinski definition) is 0. The molecule has 0 radical (unpaired) electrons. The molecule has 0 bridgehead atoms. The normalized spacial score (nSPS) is 12.6. The smallest absolute Gasteiger partial charge is 0.123 e. The van der Waals surface area contributed by atoms with Gasteiger partial charge in [-0.15, -0.1) is 0 Å². The van der Waals surface area contributed by atoms with Crippen LogP contribution in [0.15, 0.2) is 200 Å². The Hall–Kier alpha value is -6.58. The predicted molar refractivity (Wildman–Crippen MR) is 209 cm³/mol. The Balaban J connectivity index is 1.30. The minimum atomic E-state index is -0.816. The molecule has 9 rings (SSSR count). The maximum atomic E-state index is 14.5. The van der Waals surface area contributed by atoms with Gasteiger partial charge in [-0.05, 0) is 105 Å². The number of nitrogens with zero attached hydrogens (tertiary/aromatic N) is 1. The maximum Gasteiger partial charge on any atom is 0.123 e. The molecule has 0 fully saturated rings. The van der Waals surface area contributed by atoms with Crippen LogP contribution in [0, 0.1) is 11.6 Å². The molecular formula is C49H33F2N. The first kappa shape index (κ1) is 31.4. The van der Waals surface area contributed by atoms with Crippen molar-refractivity contribution in [3.8, 4) is 33.4 Å². The quantitative estimate of drug-likeness (QED) is 0.163. The zero-order valence-corrected chi connectivity index (χ0v) is 28.3. The lowest BCUT2D eigenvalue weighted by Crippen LogP contribution is -2.28. The second kappa shape index (κ2) is 12.9. The van der Waals surface area contributed by atoms with Crippen LogP contribution in [0.25, 0.3) is 33.4 Å². The summed E-state index contributed by atoms with van der Waals surface area (Å²) in [6.45, 7) is 0. The SMILES string of the molecule is Fc1ccc(C2(c3ccc(F)cc3)c3ccccc3-c3c(N(c4ccc(-c5ccccc5)cc4)c4ccc(-c5ccccc5)cc4)cccc32)cc1. The van der Waals surface area contributed by atoms with Crippen molar-refractivity contribution in [3.63, 3.8) is 0 Å². The fourth-order valence-electron chi connectivity index (χ4n) is 7.98. The lowest BCUT2D eigenvalue weighted by molar-refractivity contribution is 0.622. The molecule has 1 aliphatic rings. The minimum absolute atomic E-state index is 0.303. The average Bonchev–Trinajstić information content (AvgIpc) is 3.51. The summed E-state index contributed by atoms with van der Waals surface area (Å²) in [4.78, 5) is 2.32. The summed E-state index contributed by atoms with van der Waals surface area (Å²) in [5.41, 5.74) is 12.9. The van der Waals surface area contributed by atoms with Gasteiger partial charge in [0.05, 0.1) is 11.1 Å². The highest BCUT2D eigenvalue weighted by atomic mass is 19.1. The maximum absolute atomic E-state index is 14.5. The number of anilines is 3.